The van der Waals surface area contributed by atoms with E-state index in [4.69, 9.17) is 4.42 Å². The van der Waals surface area contributed by atoms with Crippen LogP contribution in [0, 0.1) is 0 Å². The molecule has 1 aromatic carbocycles. The van der Waals surface area contributed by atoms with Gasteiger partial charge in [0, 0.05) is 18.7 Å². The predicted octanol–water partition coefficient (Wildman–Crippen LogP) is 2.26. The molecule has 0 aliphatic carbocycles. The third-order valence-corrected chi connectivity index (χ3v) is 5.71. The Morgan fingerprint density at radius 1 is 1.20 bits per heavy atom. The van der Waals surface area contributed by atoms with Crippen molar-refractivity contribution in [2.45, 2.75) is 38.8 Å². The van der Waals surface area contributed by atoms with Gasteiger partial charge >= 0.3 is 11.1 Å². The van der Waals surface area contributed by atoms with Crippen molar-refractivity contribution in [3.8, 4) is 0 Å². The van der Waals surface area contributed by atoms with Crippen molar-refractivity contribution in [2.24, 2.45) is 0 Å². The third-order valence-electron chi connectivity index (χ3n) is 5.71. The quantitative estimate of drug-likeness (QED) is 0.607. The van der Waals surface area contributed by atoms with Crippen molar-refractivity contribution in [2.75, 3.05) is 19.6 Å². The summed E-state index contributed by atoms with van der Waals surface area (Å²) in [5.74, 6) is 0.604. The highest BCUT2D eigenvalue weighted by molar-refractivity contribution is 5.97. The molecule has 0 spiro atoms. The predicted molar refractivity (Wildman–Crippen MR) is 114 cm³/mol. The van der Waals surface area contributed by atoms with Gasteiger partial charge in [0.25, 0.3) is 5.91 Å². The molecule has 1 atom stereocenters. The first kappa shape index (κ1) is 20.2. The molecule has 1 unspecified atom stereocenters. The van der Waals surface area contributed by atoms with Crippen molar-refractivity contribution in [3.05, 3.63) is 68.6 Å². The number of hydrogen-bond donors (Lipinski definition) is 2. The molecule has 1 fully saturated rings. The number of nitrogens with zero attached hydrogens (tertiary/aromatic N) is 2. The molecule has 4 rings (SSSR count). The molecule has 8 nitrogen and oxygen atoms in total. The maximum atomic E-state index is 12.8. The summed E-state index contributed by atoms with van der Waals surface area (Å²) in [6, 6.07) is 8.76. The molecule has 3 aromatic rings. The van der Waals surface area contributed by atoms with E-state index in [2.05, 4.69) is 15.2 Å². The summed E-state index contributed by atoms with van der Waals surface area (Å²) in [5.41, 5.74) is 0.208. The molecule has 3 heterocycles. The first-order chi connectivity index (χ1) is 14.6. The van der Waals surface area contributed by atoms with Gasteiger partial charge in [-0.05, 0) is 63.2 Å². The molecule has 158 valence electrons. The fraction of sp³-hybridized carbons (Fsp3) is 0.409. The van der Waals surface area contributed by atoms with Crippen LogP contribution in [0.15, 0.2) is 50.6 Å². The van der Waals surface area contributed by atoms with Gasteiger partial charge in [0.15, 0.2) is 0 Å². The Labute approximate surface area is 173 Å². The van der Waals surface area contributed by atoms with Crippen LogP contribution < -0.4 is 16.4 Å². The minimum atomic E-state index is -0.690. The molecule has 0 saturated carbocycles. The molecule has 8 heteroatoms. The van der Waals surface area contributed by atoms with Crippen LogP contribution in [-0.2, 0) is 6.54 Å². The van der Waals surface area contributed by atoms with Crippen molar-refractivity contribution >= 4 is 16.9 Å². The van der Waals surface area contributed by atoms with Crippen LogP contribution in [0.2, 0.25) is 0 Å². The minimum absolute atomic E-state index is 0.0187. The zero-order chi connectivity index (χ0) is 21.1. The van der Waals surface area contributed by atoms with Gasteiger partial charge < -0.3 is 19.3 Å². The molecule has 2 aromatic heterocycles. The third kappa shape index (κ3) is 3.95. The number of likely N-dealkylation sites (tertiary alicyclic amines) is 1. The van der Waals surface area contributed by atoms with Gasteiger partial charge in [-0.15, -0.1) is 0 Å². The summed E-state index contributed by atoms with van der Waals surface area (Å²) >= 11 is 0. The number of aromatic nitrogens is 2. The monoisotopic (exact) mass is 410 g/mol. The summed E-state index contributed by atoms with van der Waals surface area (Å²) in [5, 5.41) is 3.00. The fourth-order valence-corrected chi connectivity index (χ4v) is 4.15. The molecule has 0 radical (unpaired) electrons. The van der Waals surface area contributed by atoms with Crippen LogP contribution in [0.5, 0.6) is 0 Å². The lowest BCUT2D eigenvalue weighted by Crippen LogP contribution is -2.40. The standard InChI is InChI=1S/C22H26N4O4/c1-2-26-17-9-8-15(13-16(17)24-21(28)22(26)29)20(27)23-14-18(19-7-6-12-30-19)25-10-4-3-5-11-25/h6-9,12-13,18H,2-5,10-11,14H2,1H3,(H,23,27)(H,24,28). The van der Waals surface area contributed by atoms with Crippen LogP contribution in [0.25, 0.3) is 11.0 Å². The first-order valence-electron chi connectivity index (χ1n) is 10.4. The van der Waals surface area contributed by atoms with E-state index in [0.29, 0.717) is 29.7 Å². The minimum Gasteiger partial charge on any atom is -0.468 e. The smallest absolute Gasteiger partial charge is 0.316 e. The molecule has 1 aliphatic rings. The number of carbonyl (C=O) groups excluding carboxylic acids is 1. The van der Waals surface area contributed by atoms with E-state index in [-0.39, 0.29) is 11.9 Å². The lowest BCUT2D eigenvalue weighted by Gasteiger charge is -2.33. The Morgan fingerprint density at radius 2 is 2.00 bits per heavy atom. The van der Waals surface area contributed by atoms with Gasteiger partial charge in [-0.1, -0.05) is 6.42 Å². The van der Waals surface area contributed by atoms with Crippen LogP contribution >= 0.6 is 0 Å². The number of aromatic amines is 1. The van der Waals surface area contributed by atoms with E-state index < -0.39 is 11.1 Å². The molecular weight excluding hydrogens is 384 g/mol. The van der Waals surface area contributed by atoms with Crippen LogP contribution in [0.3, 0.4) is 0 Å². The second kappa shape index (κ2) is 8.71. The number of benzene rings is 1. The number of fused-ring (bicyclic) bond motifs is 1. The number of nitrogens with one attached hydrogen (secondary N) is 2. The SMILES string of the molecule is CCn1c(=O)c(=O)[nH]c2cc(C(=O)NCC(c3ccco3)N3CCCCC3)ccc21. The Kier molecular flexibility index (Phi) is 5.85. The van der Waals surface area contributed by atoms with Gasteiger partial charge in [0.05, 0.1) is 23.3 Å². The summed E-state index contributed by atoms with van der Waals surface area (Å²) in [6.07, 6.45) is 5.16. The number of rotatable bonds is 6. The van der Waals surface area contributed by atoms with Gasteiger partial charge in [0.1, 0.15) is 5.76 Å². The second-order valence-corrected chi connectivity index (χ2v) is 7.57. The summed E-state index contributed by atoms with van der Waals surface area (Å²) in [6.45, 7) is 4.57. The summed E-state index contributed by atoms with van der Waals surface area (Å²) < 4.78 is 7.03. The molecule has 30 heavy (non-hydrogen) atoms. The van der Waals surface area contributed by atoms with E-state index in [9.17, 15) is 14.4 Å². The van der Waals surface area contributed by atoms with Crippen LogP contribution in [0.1, 0.15) is 48.3 Å². The number of hydrogen-bond acceptors (Lipinski definition) is 5. The van der Waals surface area contributed by atoms with Gasteiger partial charge in [-0.3, -0.25) is 19.3 Å². The summed E-state index contributed by atoms with van der Waals surface area (Å²) in [4.78, 5) is 41.7. The van der Waals surface area contributed by atoms with E-state index in [0.717, 1.165) is 31.7 Å². The zero-order valence-electron chi connectivity index (χ0n) is 17.0. The summed E-state index contributed by atoms with van der Waals surface area (Å²) in [7, 11) is 0. The average Bonchev–Trinajstić information content (AvgIpc) is 3.30. The van der Waals surface area contributed by atoms with Crippen molar-refractivity contribution in [3.63, 3.8) is 0 Å². The van der Waals surface area contributed by atoms with Gasteiger partial charge in [0.2, 0.25) is 0 Å². The highest BCUT2D eigenvalue weighted by Crippen LogP contribution is 2.24. The van der Waals surface area contributed by atoms with E-state index in [1.165, 1.54) is 11.0 Å². The lowest BCUT2D eigenvalue weighted by molar-refractivity contribution is 0.0914. The van der Waals surface area contributed by atoms with Crippen LogP contribution in [0.4, 0.5) is 0 Å². The molecule has 1 aliphatic heterocycles. The molecule has 1 amide bonds. The number of H-pyrrole nitrogens is 1. The second-order valence-electron chi connectivity index (χ2n) is 7.57. The van der Waals surface area contributed by atoms with Gasteiger partial charge in [-0.25, -0.2) is 0 Å². The maximum Gasteiger partial charge on any atom is 0.316 e. The molecule has 0 bridgehead atoms. The number of carbonyl (C=O) groups is 1. The Bertz CT molecular complexity index is 1140. The van der Waals surface area contributed by atoms with Crippen molar-refractivity contribution in [1.29, 1.82) is 0 Å². The average molecular weight is 410 g/mol. The van der Waals surface area contributed by atoms with E-state index >= 15 is 0 Å². The highest BCUT2D eigenvalue weighted by atomic mass is 16.3. The highest BCUT2D eigenvalue weighted by Gasteiger charge is 2.25. The number of amides is 1. The molecule has 2 N–H and O–H groups in total. The molecular formula is C22H26N4O4. The lowest BCUT2D eigenvalue weighted by atomic mass is 10.1. The fourth-order valence-electron chi connectivity index (χ4n) is 4.15. The molecule has 1 saturated heterocycles. The Balaban J connectivity index is 1.55. The number of piperidine rings is 1. The van der Waals surface area contributed by atoms with E-state index in [1.54, 1.807) is 31.4 Å². The largest absolute Gasteiger partial charge is 0.468 e. The zero-order valence-corrected chi connectivity index (χ0v) is 17.0. The first-order valence-corrected chi connectivity index (χ1v) is 10.4. The Hall–Kier alpha value is -3.13. The number of furan rings is 1. The van der Waals surface area contributed by atoms with E-state index in [1.807, 2.05) is 12.1 Å². The van der Waals surface area contributed by atoms with Crippen molar-refractivity contribution in [1.82, 2.24) is 19.8 Å². The maximum absolute atomic E-state index is 12.8. The Morgan fingerprint density at radius 3 is 2.70 bits per heavy atom. The topological polar surface area (TPSA) is 100 Å². The van der Waals surface area contributed by atoms with Crippen molar-refractivity contribution < 1.29 is 9.21 Å². The number of aryl methyl sites for hydroxylation is 1. The van der Waals surface area contributed by atoms with Crippen LogP contribution in [-0.4, -0.2) is 40.0 Å². The van der Waals surface area contributed by atoms with Gasteiger partial charge in [-0.2, -0.15) is 0 Å². The normalized spacial score (nSPS) is 15.9.